The fourth-order valence-corrected chi connectivity index (χ4v) is 6.70. The molecule has 0 N–H and O–H groups in total. The van der Waals surface area contributed by atoms with Crippen molar-refractivity contribution >= 4 is 19.4 Å². The second-order valence-electron chi connectivity index (χ2n) is 11.7. The number of likely N-dealkylation sites (tertiary alicyclic amines) is 1. The summed E-state index contributed by atoms with van der Waals surface area (Å²) in [6.07, 6.45) is 13.1. The standard InChI is InChI=1S/C31H32BF2N5O/c1-3-21-15-30(16-21,17-28-36-35-20-37(28)2)23-8-7-9-24(14-23)39-19-26-25(29(39)40)12-22(13-27(26)31(32,33)34)18-38-10-5-4-6-11-38/h1,7-9,12-14,20-21H,4-6,10-11,15-19H2,2H3. The molecule has 3 heterocycles. The average molecular weight is 539 g/mol. The summed E-state index contributed by atoms with van der Waals surface area (Å²) in [5.41, 5.74) is 2.53. The molecule has 0 bridgehead atoms. The Morgan fingerprint density at radius 2 is 1.95 bits per heavy atom. The monoisotopic (exact) mass is 539 g/mol. The van der Waals surface area contributed by atoms with E-state index in [4.69, 9.17) is 14.3 Å². The Morgan fingerprint density at radius 1 is 1.18 bits per heavy atom. The van der Waals surface area contributed by atoms with Crippen molar-refractivity contribution in [1.82, 2.24) is 19.7 Å². The molecular formula is C31H32BF2N5O. The van der Waals surface area contributed by atoms with E-state index in [9.17, 15) is 13.6 Å². The van der Waals surface area contributed by atoms with E-state index in [0.29, 0.717) is 35.3 Å². The Bertz CT molecular complexity index is 1480. The number of terminal acetylenes is 1. The highest BCUT2D eigenvalue weighted by molar-refractivity contribution is 6.15. The van der Waals surface area contributed by atoms with Gasteiger partial charge in [-0.1, -0.05) is 18.6 Å². The van der Waals surface area contributed by atoms with Gasteiger partial charge in [-0.25, -0.2) is 8.78 Å². The van der Waals surface area contributed by atoms with Crippen LogP contribution in [-0.4, -0.2) is 46.5 Å². The zero-order valence-electron chi connectivity index (χ0n) is 22.7. The zero-order chi connectivity index (χ0) is 28.1. The lowest BCUT2D eigenvalue weighted by molar-refractivity contribution is 0.0929. The van der Waals surface area contributed by atoms with Crippen molar-refractivity contribution in [2.45, 2.75) is 62.9 Å². The zero-order valence-corrected chi connectivity index (χ0v) is 22.7. The normalized spacial score (nSPS) is 23.1. The average Bonchev–Trinajstić information content (AvgIpc) is 3.47. The van der Waals surface area contributed by atoms with Crippen LogP contribution in [0, 0.1) is 18.3 Å². The molecule has 3 aliphatic rings. The van der Waals surface area contributed by atoms with E-state index in [1.165, 1.54) is 12.5 Å². The van der Waals surface area contributed by atoms with Gasteiger partial charge in [0.05, 0.1) is 6.54 Å². The molecule has 2 radical (unpaired) electrons. The number of alkyl halides is 2. The van der Waals surface area contributed by atoms with E-state index < -0.39 is 5.82 Å². The largest absolute Gasteiger partial charge is 0.321 e. The van der Waals surface area contributed by atoms with E-state index in [0.717, 1.165) is 50.2 Å². The Morgan fingerprint density at radius 3 is 2.62 bits per heavy atom. The minimum absolute atomic E-state index is 0.0486. The Hall–Kier alpha value is -3.51. The van der Waals surface area contributed by atoms with Crippen LogP contribution in [0.3, 0.4) is 0 Å². The predicted molar refractivity (Wildman–Crippen MR) is 150 cm³/mol. The number of piperidine rings is 1. The number of aromatic nitrogens is 3. The maximum Gasteiger partial charge on any atom is 0.258 e. The van der Waals surface area contributed by atoms with Gasteiger partial charge in [0.15, 0.2) is 7.85 Å². The van der Waals surface area contributed by atoms with Gasteiger partial charge in [0.1, 0.15) is 12.2 Å². The number of nitrogens with zero attached hydrogens (tertiary/aromatic N) is 5. The number of hydrogen-bond donors (Lipinski definition) is 0. The van der Waals surface area contributed by atoms with Gasteiger partial charge >= 0.3 is 0 Å². The Balaban J connectivity index is 1.32. The summed E-state index contributed by atoms with van der Waals surface area (Å²) in [6, 6.07) is 11.1. The molecule has 40 heavy (non-hydrogen) atoms. The van der Waals surface area contributed by atoms with Crippen molar-refractivity contribution in [3.05, 3.63) is 76.4 Å². The molecule has 1 saturated carbocycles. The van der Waals surface area contributed by atoms with Crippen molar-refractivity contribution in [2.24, 2.45) is 13.0 Å². The summed E-state index contributed by atoms with van der Waals surface area (Å²) in [7, 11) is 7.28. The van der Waals surface area contributed by atoms with Crippen molar-refractivity contribution in [3.63, 3.8) is 0 Å². The van der Waals surface area contributed by atoms with Crippen LogP contribution in [0.4, 0.5) is 14.5 Å². The summed E-state index contributed by atoms with van der Waals surface area (Å²) in [5, 5.41) is 8.32. The third kappa shape index (κ3) is 4.83. The van der Waals surface area contributed by atoms with Gasteiger partial charge in [-0.15, -0.1) is 22.5 Å². The minimum atomic E-state index is -3.55. The highest BCUT2D eigenvalue weighted by Crippen LogP contribution is 2.50. The van der Waals surface area contributed by atoms with E-state index >= 15 is 0 Å². The number of benzene rings is 2. The highest BCUT2D eigenvalue weighted by Gasteiger charge is 2.46. The molecule has 1 amide bonds. The quantitative estimate of drug-likeness (QED) is 0.323. The molecule has 9 heteroatoms. The third-order valence-corrected chi connectivity index (χ3v) is 8.90. The molecule has 0 spiro atoms. The first-order valence-corrected chi connectivity index (χ1v) is 13.9. The molecule has 2 aromatic carbocycles. The van der Waals surface area contributed by atoms with Crippen LogP contribution in [0.15, 0.2) is 42.7 Å². The lowest BCUT2D eigenvalue weighted by Gasteiger charge is -2.46. The summed E-state index contributed by atoms with van der Waals surface area (Å²) in [4.78, 5) is 17.6. The number of amides is 1. The second kappa shape index (κ2) is 10.2. The number of halogens is 2. The number of anilines is 1. The molecule has 2 fully saturated rings. The number of carbonyl (C=O) groups excluding carboxylic acids is 1. The van der Waals surface area contributed by atoms with Crippen LogP contribution >= 0.6 is 0 Å². The fourth-order valence-electron chi connectivity index (χ4n) is 6.70. The number of aryl methyl sites for hydroxylation is 1. The van der Waals surface area contributed by atoms with Crippen LogP contribution in [0.1, 0.15) is 70.5 Å². The summed E-state index contributed by atoms with van der Waals surface area (Å²) in [6.45, 7) is 2.43. The van der Waals surface area contributed by atoms with Crippen LogP contribution in [0.25, 0.3) is 0 Å². The first-order valence-electron chi connectivity index (χ1n) is 13.9. The molecule has 1 saturated heterocycles. The molecule has 1 aromatic heterocycles. The van der Waals surface area contributed by atoms with Crippen molar-refractivity contribution in [2.75, 3.05) is 18.0 Å². The maximum atomic E-state index is 14.7. The van der Waals surface area contributed by atoms with Gasteiger partial charge in [-0.05, 0) is 79.7 Å². The molecular weight excluding hydrogens is 507 g/mol. The topological polar surface area (TPSA) is 54.3 Å². The maximum absolute atomic E-state index is 14.7. The third-order valence-electron chi connectivity index (χ3n) is 8.90. The number of rotatable bonds is 7. The van der Waals surface area contributed by atoms with Crippen molar-refractivity contribution in [3.8, 4) is 12.3 Å². The van der Waals surface area contributed by atoms with Crippen LogP contribution in [0.2, 0.25) is 0 Å². The summed E-state index contributed by atoms with van der Waals surface area (Å²) in [5.74, 6) is 0.0741. The minimum Gasteiger partial charge on any atom is -0.321 e. The van der Waals surface area contributed by atoms with Gasteiger partial charge in [-0.3, -0.25) is 9.69 Å². The van der Waals surface area contributed by atoms with Crippen molar-refractivity contribution in [1.29, 1.82) is 0 Å². The molecule has 3 aromatic rings. The lowest BCUT2D eigenvalue weighted by Crippen LogP contribution is -2.43. The molecule has 0 unspecified atom stereocenters. The molecule has 6 rings (SSSR count). The first kappa shape index (κ1) is 26.7. The highest BCUT2D eigenvalue weighted by atomic mass is 19.3. The fraction of sp³-hybridized carbons (Fsp3) is 0.452. The van der Waals surface area contributed by atoms with Gasteiger partial charge in [0.2, 0.25) is 5.82 Å². The van der Waals surface area contributed by atoms with E-state index in [-0.39, 0.29) is 29.3 Å². The van der Waals surface area contributed by atoms with E-state index in [2.05, 4.69) is 27.1 Å². The van der Waals surface area contributed by atoms with Crippen molar-refractivity contribution < 1.29 is 13.6 Å². The van der Waals surface area contributed by atoms with Gasteiger partial charge in [0, 0.05) is 48.2 Å². The smallest absolute Gasteiger partial charge is 0.258 e. The van der Waals surface area contributed by atoms with Crippen LogP contribution in [0.5, 0.6) is 0 Å². The first-order chi connectivity index (χ1) is 19.2. The number of carbonyl (C=O) groups is 1. The summed E-state index contributed by atoms with van der Waals surface area (Å²) >= 11 is 0. The lowest BCUT2D eigenvalue weighted by atomic mass is 9.57. The second-order valence-corrected chi connectivity index (χ2v) is 11.7. The number of hydrogen-bond acceptors (Lipinski definition) is 4. The van der Waals surface area contributed by atoms with Gasteiger partial charge in [0.25, 0.3) is 5.91 Å². The van der Waals surface area contributed by atoms with Crippen LogP contribution < -0.4 is 4.90 Å². The molecule has 1 aliphatic carbocycles. The molecule has 0 atom stereocenters. The Kier molecular flexibility index (Phi) is 6.78. The van der Waals surface area contributed by atoms with Crippen LogP contribution in [-0.2, 0) is 37.8 Å². The molecule has 2 aliphatic heterocycles. The summed E-state index contributed by atoms with van der Waals surface area (Å²) < 4.78 is 31.3. The molecule has 6 nitrogen and oxygen atoms in total. The van der Waals surface area contributed by atoms with E-state index in [1.807, 2.05) is 29.8 Å². The SMILES string of the molecule is [B]C(F)(F)c1cc(CN2CCCCC2)cc2c1CN(c1cccc(C3(Cc4nncn4C)CC(C#C)C3)c1)C2=O. The van der Waals surface area contributed by atoms with Gasteiger partial charge in [-0.2, -0.15) is 0 Å². The number of fused-ring (bicyclic) bond motifs is 1. The van der Waals surface area contributed by atoms with E-state index in [1.54, 1.807) is 17.3 Å². The predicted octanol–water partition coefficient (Wildman–Crippen LogP) is 4.70. The van der Waals surface area contributed by atoms with Gasteiger partial charge < -0.3 is 9.47 Å². The Labute approximate surface area is 235 Å². The molecule has 204 valence electrons.